The van der Waals surface area contributed by atoms with Crippen LogP contribution in [0.1, 0.15) is 9.67 Å². The van der Waals surface area contributed by atoms with Crippen LogP contribution in [0.25, 0.3) is 0 Å². The molecular formula is C12H2BrF15O3S. The third kappa shape index (κ3) is 5.11. The minimum atomic E-state index is -7.95. The monoisotopic (exact) mass is 590 g/mol. The van der Waals surface area contributed by atoms with Gasteiger partial charge in [-0.2, -0.15) is 65.9 Å². The van der Waals surface area contributed by atoms with Gasteiger partial charge in [-0.25, -0.2) is 9.47 Å². The van der Waals surface area contributed by atoms with Gasteiger partial charge in [-0.1, -0.05) is 0 Å². The molecule has 32 heavy (non-hydrogen) atoms. The van der Waals surface area contributed by atoms with E-state index in [2.05, 4.69) is 20.7 Å². The number of halogens is 16. The number of hydrogen-bond donors (Lipinski definition) is 0. The topological polar surface area (TPSA) is 35.5 Å². The maximum atomic E-state index is 13.5. The molecule has 0 bridgehead atoms. The van der Waals surface area contributed by atoms with Crippen molar-refractivity contribution >= 4 is 33.0 Å². The van der Waals surface area contributed by atoms with Crippen LogP contribution in [0.3, 0.4) is 0 Å². The predicted octanol–water partition coefficient (Wildman–Crippen LogP) is 6.93. The van der Waals surface area contributed by atoms with Crippen LogP contribution in [0, 0.1) is 0 Å². The molecule has 0 unspecified atom stereocenters. The lowest BCUT2D eigenvalue weighted by molar-refractivity contribution is -0.538. The number of alkyl halides is 15. The van der Waals surface area contributed by atoms with Crippen LogP contribution >= 0.6 is 27.3 Å². The van der Waals surface area contributed by atoms with Crippen molar-refractivity contribution in [2.45, 2.75) is 42.5 Å². The summed E-state index contributed by atoms with van der Waals surface area (Å²) in [6.45, 7) is 0. The Morgan fingerprint density at radius 3 is 1.50 bits per heavy atom. The molecule has 186 valence electrons. The molecule has 0 fully saturated rings. The molecule has 0 aromatic carbocycles. The first-order valence-corrected chi connectivity index (χ1v) is 8.47. The van der Waals surface area contributed by atoms with E-state index in [1.54, 1.807) is 0 Å². The van der Waals surface area contributed by atoms with Crippen LogP contribution in [-0.4, -0.2) is 48.2 Å². The predicted molar refractivity (Wildman–Crippen MR) is 74.3 cm³/mol. The Kier molecular flexibility index (Phi) is 7.36. The summed E-state index contributed by atoms with van der Waals surface area (Å²) >= 11 is 2.75. The summed E-state index contributed by atoms with van der Waals surface area (Å²) in [5, 5.41) is 0. The second-order valence-corrected chi connectivity index (χ2v) is 7.81. The van der Waals surface area contributed by atoms with Crippen LogP contribution in [0.4, 0.5) is 65.9 Å². The van der Waals surface area contributed by atoms with Crippen molar-refractivity contribution in [2.24, 2.45) is 0 Å². The summed E-state index contributed by atoms with van der Waals surface area (Å²) in [5.74, 6) is -18.5. The molecule has 0 atom stereocenters. The van der Waals surface area contributed by atoms with Crippen molar-refractivity contribution < 1.29 is 80.1 Å². The van der Waals surface area contributed by atoms with Gasteiger partial charge in [0.15, 0.2) is 0 Å². The first-order chi connectivity index (χ1) is 13.8. The fourth-order valence-electron chi connectivity index (χ4n) is 1.49. The lowest BCUT2D eigenvalue weighted by Crippen LogP contribution is -2.64. The Balaban J connectivity index is 3.23. The van der Waals surface area contributed by atoms with Crippen molar-refractivity contribution in [3.05, 3.63) is 20.8 Å². The second kappa shape index (κ2) is 8.19. The van der Waals surface area contributed by atoms with Crippen LogP contribution in [-0.2, 0) is 9.47 Å². The zero-order chi connectivity index (χ0) is 25.8. The maximum Gasteiger partial charge on any atom is 0.460 e. The molecule has 1 heterocycles. The standard InChI is InChI=1S/C12H2BrF15O3S/c13-4-2-1-3(32-4)5(29)6(14,15)30-11(25,26)12(27,28)31-10(23,24)8(18,19)7(16,17)9(20,21)22/h1-2H. The van der Waals surface area contributed by atoms with Crippen LogP contribution < -0.4 is 0 Å². The molecule has 1 aromatic rings. The lowest BCUT2D eigenvalue weighted by atomic mass is 10.1. The Bertz CT molecular complexity index is 847. The highest BCUT2D eigenvalue weighted by Gasteiger charge is 2.85. The molecule has 0 amide bonds. The molecule has 0 saturated carbocycles. The van der Waals surface area contributed by atoms with Gasteiger partial charge in [0.05, 0.1) is 8.66 Å². The summed E-state index contributed by atoms with van der Waals surface area (Å²) in [6, 6.07) is 1.41. The van der Waals surface area contributed by atoms with Gasteiger partial charge in [-0.15, -0.1) is 11.3 Å². The zero-order valence-corrected chi connectivity index (χ0v) is 16.2. The fourth-order valence-corrected chi connectivity index (χ4v) is 2.84. The largest absolute Gasteiger partial charge is 0.460 e. The maximum absolute atomic E-state index is 13.5. The molecule has 1 aromatic heterocycles. The quantitative estimate of drug-likeness (QED) is 0.231. The Morgan fingerprint density at radius 2 is 1.12 bits per heavy atom. The van der Waals surface area contributed by atoms with Gasteiger partial charge >= 0.3 is 42.5 Å². The molecule has 20 heteroatoms. The van der Waals surface area contributed by atoms with Gasteiger partial charge in [-0.05, 0) is 28.1 Å². The average Bonchev–Trinajstić information content (AvgIpc) is 2.96. The van der Waals surface area contributed by atoms with E-state index < -0.39 is 53.1 Å². The molecule has 0 spiro atoms. The number of Topliss-reactive ketones (excluding diaryl/α,β-unsaturated/α-hetero) is 1. The summed E-state index contributed by atoms with van der Waals surface area (Å²) in [5.41, 5.74) is 0. The summed E-state index contributed by atoms with van der Waals surface area (Å²) < 4.78 is 196. The Hall–Kier alpha value is -1.28. The normalized spacial score (nSPS) is 15.2. The van der Waals surface area contributed by atoms with Gasteiger partial charge in [0.25, 0.3) is 5.78 Å². The summed E-state index contributed by atoms with van der Waals surface area (Å²) in [4.78, 5) is 10.2. The zero-order valence-electron chi connectivity index (χ0n) is 13.8. The van der Waals surface area contributed by atoms with Gasteiger partial charge < -0.3 is 0 Å². The lowest BCUT2D eigenvalue weighted by Gasteiger charge is -2.36. The van der Waals surface area contributed by atoms with Crippen LogP contribution in [0.2, 0.25) is 0 Å². The fraction of sp³-hybridized carbons (Fsp3) is 0.583. The third-order valence-electron chi connectivity index (χ3n) is 3.03. The molecular weight excluding hydrogens is 589 g/mol. The number of hydrogen-bond acceptors (Lipinski definition) is 4. The smallest absolute Gasteiger partial charge is 0.283 e. The average molecular weight is 591 g/mol. The first-order valence-electron chi connectivity index (χ1n) is 6.86. The first kappa shape index (κ1) is 28.8. The van der Waals surface area contributed by atoms with E-state index >= 15 is 0 Å². The van der Waals surface area contributed by atoms with E-state index in [0.29, 0.717) is 6.07 Å². The third-order valence-corrected chi connectivity index (χ3v) is 4.65. The van der Waals surface area contributed by atoms with E-state index in [1.807, 2.05) is 0 Å². The number of thiophene rings is 1. The van der Waals surface area contributed by atoms with Crippen LogP contribution in [0.15, 0.2) is 15.9 Å². The number of ether oxygens (including phenoxy) is 2. The highest BCUT2D eigenvalue weighted by Crippen LogP contribution is 2.56. The molecule has 0 aliphatic rings. The van der Waals surface area contributed by atoms with Crippen molar-refractivity contribution in [1.82, 2.24) is 0 Å². The molecule has 0 aliphatic heterocycles. The Labute approximate surface area is 177 Å². The molecule has 0 saturated heterocycles. The minimum absolute atomic E-state index is 0.0791. The molecule has 0 aliphatic carbocycles. The van der Waals surface area contributed by atoms with Crippen LogP contribution in [0.5, 0.6) is 0 Å². The van der Waals surface area contributed by atoms with Gasteiger partial charge in [-0.3, -0.25) is 4.79 Å². The van der Waals surface area contributed by atoms with E-state index in [4.69, 9.17) is 0 Å². The van der Waals surface area contributed by atoms with E-state index in [-0.39, 0.29) is 15.1 Å². The van der Waals surface area contributed by atoms with Gasteiger partial charge in [0.2, 0.25) is 0 Å². The highest BCUT2D eigenvalue weighted by atomic mass is 79.9. The molecule has 3 nitrogen and oxygen atoms in total. The number of rotatable bonds is 9. The van der Waals surface area contributed by atoms with Crippen molar-refractivity contribution in [2.75, 3.05) is 0 Å². The van der Waals surface area contributed by atoms with Crippen molar-refractivity contribution in [3.8, 4) is 0 Å². The van der Waals surface area contributed by atoms with E-state index in [9.17, 15) is 70.7 Å². The second-order valence-electron chi connectivity index (χ2n) is 5.35. The van der Waals surface area contributed by atoms with Gasteiger partial charge in [0, 0.05) is 0 Å². The summed E-state index contributed by atoms with van der Waals surface area (Å²) in [6.07, 6.45) is -35.8. The minimum Gasteiger partial charge on any atom is -0.283 e. The Morgan fingerprint density at radius 1 is 0.688 bits per heavy atom. The number of carbonyl (C=O) groups excluding carboxylic acids is 1. The molecule has 1 rings (SSSR count). The highest BCUT2D eigenvalue weighted by molar-refractivity contribution is 9.11. The van der Waals surface area contributed by atoms with E-state index in [0.717, 1.165) is 6.07 Å². The number of carbonyl (C=O) groups is 1. The van der Waals surface area contributed by atoms with Crippen molar-refractivity contribution in [1.29, 1.82) is 0 Å². The van der Waals surface area contributed by atoms with E-state index in [1.165, 1.54) is 4.74 Å². The molecule has 0 radical (unpaired) electrons. The SMILES string of the molecule is O=C(c1ccc(Br)s1)C(F)(F)OC(F)(F)C(F)(F)OC(F)(F)C(F)(F)C(F)(F)C(F)(F)F. The number of ketones is 1. The summed E-state index contributed by atoms with van der Waals surface area (Å²) in [7, 11) is 0. The molecule has 0 N–H and O–H groups in total. The van der Waals surface area contributed by atoms with Gasteiger partial charge in [0.1, 0.15) is 0 Å². The van der Waals surface area contributed by atoms with Crippen molar-refractivity contribution in [3.63, 3.8) is 0 Å².